The molecule has 0 fully saturated rings. The maximum atomic E-state index is 13.5. The van der Waals surface area contributed by atoms with Gasteiger partial charge in [0.1, 0.15) is 9.79 Å². The smallest absolute Gasteiger partial charge is 0.296 e. The molecule has 4 aromatic rings. The topological polar surface area (TPSA) is 258 Å². The summed E-state index contributed by atoms with van der Waals surface area (Å²) in [6.45, 7) is 0. The van der Waals surface area contributed by atoms with Crippen molar-refractivity contribution in [2.45, 2.75) is 9.79 Å². The number of hydrogen-bond donors (Lipinski definition) is 6. The molecule has 0 spiro atoms. The fourth-order valence-electron chi connectivity index (χ4n) is 4.22. The molecule has 0 radical (unpaired) electrons. The second-order valence-corrected chi connectivity index (χ2v) is 11.6. The Bertz CT molecular complexity index is 2020. The first-order valence-electron chi connectivity index (χ1n) is 11.1. The first-order valence-corrected chi connectivity index (χ1v) is 14.4. The molecule has 41 heavy (non-hydrogen) atoms. The average molecular weight is 618 g/mol. The van der Waals surface area contributed by atoms with Gasteiger partial charge in [0.05, 0.1) is 28.2 Å². The number of halogens is 1. The van der Waals surface area contributed by atoms with Gasteiger partial charge in [0, 0.05) is 16.8 Å². The van der Waals surface area contributed by atoms with Gasteiger partial charge in [-0.05, 0) is 35.9 Å². The zero-order chi connectivity index (χ0) is 29.9. The van der Waals surface area contributed by atoms with E-state index in [1.165, 1.54) is 30.3 Å². The summed E-state index contributed by atoms with van der Waals surface area (Å²) in [5.41, 5.74) is 9.14. The Kier molecular flexibility index (Phi) is 6.63. The van der Waals surface area contributed by atoms with Gasteiger partial charge in [-0.25, -0.2) is 0 Å². The van der Waals surface area contributed by atoms with Crippen molar-refractivity contribution < 1.29 is 35.5 Å². The Morgan fingerprint density at radius 2 is 1.34 bits per heavy atom. The van der Waals surface area contributed by atoms with Gasteiger partial charge in [0.15, 0.2) is 11.6 Å². The van der Waals surface area contributed by atoms with Crippen LogP contribution in [0, 0.1) is 0 Å². The van der Waals surface area contributed by atoms with Crippen LogP contribution in [-0.4, -0.2) is 52.5 Å². The molecule has 5 rings (SSSR count). The molecule has 210 valence electrons. The summed E-state index contributed by atoms with van der Waals surface area (Å²) in [4.78, 5) is 36.4. The van der Waals surface area contributed by atoms with E-state index in [4.69, 9.17) is 23.1 Å². The summed E-state index contributed by atoms with van der Waals surface area (Å²) < 4.78 is 68.7. The van der Waals surface area contributed by atoms with Gasteiger partial charge >= 0.3 is 0 Å². The standard InChI is InChI=1S/C23H16ClN7O8S2/c24-21-29-22(26)31-23(30-21)27-9-5-6-12(14(7-9)40(34,35)36)28-13-8-15(41(37,38)39)18(25)17-16(13)19(32)10-3-1-2-4-11(10)20(17)33/h1-8,28H,25H2,(H,34,35,36)(H,37,38,39)(H3,26,27,29,30,31). The lowest BCUT2D eigenvalue weighted by Gasteiger charge is -2.24. The molecule has 0 saturated carbocycles. The van der Waals surface area contributed by atoms with Gasteiger partial charge in [-0.2, -0.15) is 31.8 Å². The molecule has 15 nitrogen and oxygen atoms in total. The Morgan fingerprint density at radius 3 is 1.93 bits per heavy atom. The number of rotatable bonds is 6. The van der Waals surface area contributed by atoms with Crippen molar-refractivity contribution in [2.75, 3.05) is 22.1 Å². The molecule has 0 unspecified atom stereocenters. The Morgan fingerprint density at radius 1 is 0.732 bits per heavy atom. The van der Waals surface area contributed by atoms with Crippen LogP contribution >= 0.6 is 11.6 Å². The number of nitrogens with one attached hydrogen (secondary N) is 2. The van der Waals surface area contributed by atoms with E-state index in [2.05, 4.69) is 25.6 Å². The number of nitrogen functional groups attached to an aromatic ring is 2. The van der Waals surface area contributed by atoms with Crippen molar-refractivity contribution in [1.29, 1.82) is 0 Å². The minimum Gasteiger partial charge on any atom is -0.397 e. The molecule has 0 bridgehead atoms. The SMILES string of the molecule is Nc1nc(Cl)nc(Nc2ccc(Nc3cc(S(=O)(=O)O)c(N)c4c3C(=O)c3ccccc3C4=O)c(S(=O)(=O)O)c2)n1. The second kappa shape index (κ2) is 9.75. The molecule has 0 saturated heterocycles. The van der Waals surface area contributed by atoms with E-state index in [9.17, 15) is 35.5 Å². The highest BCUT2D eigenvalue weighted by atomic mass is 35.5. The van der Waals surface area contributed by atoms with Crippen LogP contribution in [-0.2, 0) is 20.2 Å². The zero-order valence-electron chi connectivity index (χ0n) is 20.2. The monoisotopic (exact) mass is 617 g/mol. The minimum atomic E-state index is -5.03. The van der Waals surface area contributed by atoms with Gasteiger partial charge < -0.3 is 22.1 Å². The van der Waals surface area contributed by atoms with Gasteiger partial charge in [-0.3, -0.25) is 18.7 Å². The number of anilines is 6. The Labute approximate surface area is 236 Å². The lowest BCUT2D eigenvalue weighted by Crippen LogP contribution is -2.25. The Hall–Kier alpha value is -4.68. The number of carbonyl (C=O) groups is 2. The molecule has 3 aromatic carbocycles. The summed E-state index contributed by atoms with van der Waals surface area (Å²) in [7, 11) is -10.0. The maximum Gasteiger partial charge on any atom is 0.296 e. The molecule has 8 N–H and O–H groups in total. The van der Waals surface area contributed by atoms with Crippen molar-refractivity contribution in [1.82, 2.24) is 15.0 Å². The normalized spacial score (nSPS) is 13.0. The van der Waals surface area contributed by atoms with Crippen LogP contribution in [0.15, 0.2) is 58.3 Å². The quantitative estimate of drug-likeness (QED) is 0.118. The number of aromatic nitrogens is 3. The lowest BCUT2D eigenvalue weighted by atomic mass is 9.82. The van der Waals surface area contributed by atoms with Crippen LogP contribution in [0.2, 0.25) is 5.28 Å². The maximum absolute atomic E-state index is 13.5. The van der Waals surface area contributed by atoms with E-state index in [1.807, 2.05) is 0 Å². The van der Waals surface area contributed by atoms with Gasteiger partial charge in [-0.1, -0.05) is 24.3 Å². The average Bonchev–Trinajstić information content (AvgIpc) is 2.87. The van der Waals surface area contributed by atoms with Crippen molar-refractivity contribution in [3.05, 3.63) is 76.1 Å². The van der Waals surface area contributed by atoms with Crippen molar-refractivity contribution in [3.8, 4) is 0 Å². The third-order valence-corrected chi connectivity index (χ3v) is 7.84. The van der Waals surface area contributed by atoms with E-state index >= 15 is 0 Å². The Balaban J connectivity index is 1.68. The fourth-order valence-corrected chi connectivity index (χ4v) is 5.70. The highest BCUT2D eigenvalue weighted by Gasteiger charge is 2.36. The molecule has 0 atom stereocenters. The number of carbonyl (C=O) groups excluding carboxylic acids is 2. The number of ketones is 2. The lowest BCUT2D eigenvalue weighted by molar-refractivity contribution is 0.0980. The van der Waals surface area contributed by atoms with E-state index in [1.54, 1.807) is 0 Å². The van der Waals surface area contributed by atoms with E-state index in [0.717, 1.165) is 18.2 Å². The van der Waals surface area contributed by atoms with Gasteiger partial charge in [0.2, 0.25) is 17.2 Å². The number of nitrogens with two attached hydrogens (primary N) is 2. The van der Waals surface area contributed by atoms with Crippen molar-refractivity contribution in [3.63, 3.8) is 0 Å². The zero-order valence-corrected chi connectivity index (χ0v) is 22.5. The number of nitrogens with zero attached hydrogens (tertiary/aromatic N) is 3. The van der Waals surface area contributed by atoms with E-state index < -0.39 is 58.5 Å². The van der Waals surface area contributed by atoms with Crippen LogP contribution in [0.5, 0.6) is 0 Å². The van der Waals surface area contributed by atoms with Crippen LogP contribution in [0.3, 0.4) is 0 Å². The van der Waals surface area contributed by atoms with Crippen LogP contribution in [0.4, 0.5) is 34.6 Å². The molecule has 1 aliphatic rings. The molecule has 1 aromatic heterocycles. The van der Waals surface area contributed by atoms with Crippen LogP contribution in [0.1, 0.15) is 31.8 Å². The number of benzene rings is 3. The number of fused-ring (bicyclic) bond motifs is 2. The summed E-state index contributed by atoms with van der Waals surface area (Å²) in [5, 5.41) is 4.97. The predicted molar refractivity (Wildman–Crippen MR) is 146 cm³/mol. The van der Waals surface area contributed by atoms with Gasteiger partial charge in [0.25, 0.3) is 20.2 Å². The third kappa shape index (κ3) is 5.14. The molecular formula is C23H16ClN7O8S2. The van der Waals surface area contributed by atoms with Crippen LogP contribution in [0.25, 0.3) is 0 Å². The van der Waals surface area contributed by atoms with Crippen LogP contribution < -0.4 is 22.1 Å². The van der Waals surface area contributed by atoms with E-state index in [0.29, 0.717) is 0 Å². The minimum absolute atomic E-state index is 0.0168. The van der Waals surface area contributed by atoms with Crippen molar-refractivity contribution >= 4 is 78.0 Å². The summed E-state index contributed by atoms with van der Waals surface area (Å²) >= 11 is 5.75. The summed E-state index contributed by atoms with van der Waals surface area (Å²) in [6, 6.07) is 9.91. The fraction of sp³-hybridized carbons (Fsp3) is 0. The van der Waals surface area contributed by atoms with Crippen molar-refractivity contribution in [2.24, 2.45) is 0 Å². The first-order chi connectivity index (χ1) is 19.1. The van der Waals surface area contributed by atoms with Gasteiger partial charge in [-0.15, -0.1) is 0 Å². The molecular weight excluding hydrogens is 602 g/mol. The second-order valence-electron chi connectivity index (χ2n) is 8.49. The van der Waals surface area contributed by atoms with E-state index in [-0.39, 0.29) is 45.2 Å². The molecule has 1 heterocycles. The largest absolute Gasteiger partial charge is 0.397 e. The highest BCUT2D eigenvalue weighted by Crippen LogP contribution is 2.41. The highest BCUT2D eigenvalue weighted by molar-refractivity contribution is 7.86. The summed E-state index contributed by atoms with van der Waals surface area (Å²) in [5.74, 6) is -1.92. The molecule has 18 heteroatoms. The molecule has 0 amide bonds. The molecule has 0 aliphatic heterocycles. The number of hydrogen-bond acceptors (Lipinski definition) is 13. The predicted octanol–water partition coefficient (Wildman–Crippen LogP) is 2.45. The summed E-state index contributed by atoms with van der Waals surface area (Å²) in [6.07, 6.45) is 0. The first kappa shape index (κ1) is 27.9. The third-order valence-electron chi connectivity index (χ3n) is 5.89. The molecule has 1 aliphatic carbocycles.